The zero-order valence-electron chi connectivity index (χ0n) is 12.9. The monoisotopic (exact) mass is 274 g/mol. The van der Waals surface area contributed by atoms with Crippen molar-refractivity contribution < 1.29 is 5.11 Å². The lowest BCUT2D eigenvalue weighted by Crippen LogP contribution is -2.25. The molecule has 0 unspecified atom stereocenters. The minimum atomic E-state index is -0.125. The van der Waals surface area contributed by atoms with E-state index in [1.165, 1.54) is 56.9 Å². The number of aliphatic hydroxyl groups is 1. The van der Waals surface area contributed by atoms with Crippen molar-refractivity contribution >= 4 is 0 Å². The molecule has 0 aromatic carbocycles. The lowest BCUT2D eigenvalue weighted by Gasteiger charge is -2.24. The van der Waals surface area contributed by atoms with E-state index < -0.39 is 0 Å². The number of fused-ring (bicyclic) bond motifs is 5. The van der Waals surface area contributed by atoms with Crippen LogP contribution < -0.4 is 0 Å². The van der Waals surface area contributed by atoms with Crippen LogP contribution in [0.25, 0.3) is 0 Å². The highest BCUT2D eigenvalue weighted by molar-refractivity contribution is 5.30. The second kappa shape index (κ2) is 6.47. The lowest BCUT2D eigenvalue weighted by atomic mass is 9.84. The zero-order valence-corrected chi connectivity index (χ0v) is 12.9. The maximum atomic E-state index is 10.6. The van der Waals surface area contributed by atoms with E-state index in [4.69, 9.17) is 0 Å². The molecule has 20 heavy (non-hydrogen) atoms. The van der Waals surface area contributed by atoms with Gasteiger partial charge in [-0.05, 0) is 42.6 Å². The summed E-state index contributed by atoms with van der Waals surface area (Å²) in [5, 5.41) is 10.6. The van der Waals surface area contributed by atoms with E-state index in [1.807, 2.05) is 0 Å². The molecule has 1 fully saturated rings. The van der Waals surface area contributed by atoms with Crippen LogP contribution in [-0.2, 0) is 0 Å². The number of unbranched alkanes of at least 4 members (excludes halogenated alkanes) is 6. The normalized spacial score (nSPS) is 37.5. The summed E-state index contributed by atoms with van der Waals surface area (Å²) < 4.78 is 0. The van der Waals surface area contributed by atoms with Crippen LogP contribution in [0.3, 0.4) is 0 Å². The van der Waals surface area contributed by atoms with Crippen molar-refractivity contribution in [2.24, 2.45) is 23.7 Å². The van der Waals surface area contributed by atoms with Gasteiger partial charge in [-0.1, -0.05) is 63.7 Å². The number of aliphatic hydroxyl groups excluding tert-OH is 1. The second-order valence-corrected chi connectivity index (χ2v) is 7.16. The van der Waals surface area contributed by atoms with Gasteiger partial charge >= 0.3 is 0 Å². The molecule has 0 aliphatic heterocycles. The Labute approximate surface area is 124 Å². The SMILES string of the molecule is CCCCCCCCCC1=C[C@H]2[C@@H]([C@@H]1O)[C@H]1C=C[C@@H]2C1. The van der Waals surface area contributed by atoms with Crippen LogP contribution >= 0.6 is 0 Å². The minimum absolute atomic E-state index is 0.125. The second-order valence-electron chi connectivity index (χ2n) is 7.16. The summed E-state index contributed by atoms with van der Waals surface area (Å²) in [7, 11) is 0. The summed E-state index contributed by atoms with van der Waals surface area (Å²) in [4.78, 5) is 0. The van der Waals surface area contributed by atoms with Crippen molar-refractivity contribution in [1.29, 1.82) is 0 Å². The van der Waals surface area contributed by atoms with Gasteiger partial charge in [0, 0.05) is 5.92 Å². The molecule has 2 bridgehead atoms. The van der Waals surface area contributed by atoms with Gasteiger partial charge in [-0.3, -0.25) is 0 Å². The van der Waals surface area contributed by atoms with Gasteiger partial charge in [-0.25, -0.2) is 0 Å². The van der Waals surface area contributed by atoms with Gasteiger partial charge in [0.1, 0.15) is 0 Å². The number of hydrogen-bond acceptors (Lipinski definition) is 1. The quantitative estimate of drug-likeness (QED) is 0.495. The molecule has 0 radical (unpaired) electrons. The Bertz CT molecular complexity index is 381. The summed E-state index contributed by atoms with van der Waals surface area (Å²) in [6.45, 7) is 2.27. The fraction of sp³-hybridized carbons (Fsp3) is 0.789. The fourth-order valence-corrected chi connectivity index (χ4v) is 4.69. The van der Waals surface area contributed by atoms with E-state index in [0.29, 0.717) is 17.8 Å². The summed E-state index contributed by atoms with van der Waals surface area (Å²) in [6, 6.07) is 0. The Hall–Kier alpha value is -0.560. The van der Waals surface area contributed by atoms with Crippen LogP contribution in [0.5, 0.6) is 0 Å². The van der Waals surface area contributed by atoms with Gasteiger partial charge in [0.15, 0.2) is 0 Å². The van der Waals surface area contributed by atoms with E-state index in [-0.39, 0.29) is 6.10 Å². The molecular formula is C19H30O. The molecule has 3 rings (SSSR count). The Kier molecular flexibility index (Phi) is 4.65. The van der Waals surface area contributed by atoms with Gasteiger partial charge in [0.2, 0.25) is 0 Å². The van der Waals surface area contributed by atoms with Gasteiger partial charge in [-0.2, -0.15) is 0 Å². The molecule has 0 amide bonds. The molecule has 1 saturated carbocycles. The van der Waals surface area contributed by atoms with Crippen molar-refractivity contribution in [3.05, 3.63) is 23.8 Å². The molecule has 1 heteroatoms. The number of allylic oxidation sites excluding steroid dienone is 3. The number of hydrogen-bond donors (Lipinski definition) is 1. The van der Waals surface area contributed by atoms with Crippen LogP contribution in [0.2, 0.25) is 0 Å². The molecule has 0 aromatic rings. The molecule has 0 spiro atoms. The van der Waals surface area contributed by atoms with Crippen molar-refractivity contribution in [3.8, 4) is 0 Å². The van der Waals surface area contributed by atoms with Gasteiger partial charge in [-0.15, -0.1) is 0 Å². The first kappa shape index (κ1) is 14.4. The Balaban J connectivity index is 1.38. The standard InChI is InChI=1S/C19H30O/c1-2-3-4-5-6-7-8-9-16-13-17-14-10-11-15(12-14)18(17)19(16)20/h10-11,13-15,17-20H,2-9,12H2,1H3/t14-,15+,17-,18+,19-/m1/s1. The average molecular weight is 274 g/mol. The molecule has 0 saturated heterocycles. The third-order valence-corrected chi connectivity index (χ3v) is 5.80. The zero-order chi connectivity index (χ0) is 13.9. The van der Waals surface area contributed by atoms with Crippen molar-refractivity contribution in [3.63, 3.8) is 0 Å². The van der Waals surface area contributed by atoms with Gasteiger partial charge in [0.25, 0.3) is 0 Å². The van der Waals surface area contributed by atoms with E-state index in [1.54, 1.807) is 0 Å². The van der Waals surface area contributed by atoms with Gasteiger partial charge in [0.05, 0.1) is 6.10 Å². The van der Waals surface area contributed by atoms with Crippen molar-refractivity contribution in [2.75, 3.05) is 0 Å². The molecule has 0 aromatic heterocycles. The highest BCUT2D eigenvalue weighted by atomic mass is 16.3. The van der Waals surface area contributed by atoms with E-state index in [9.17, 15) is 5.11 Å². The molecule has 1 N–H and O–H groups in total. The summed E-state index contributed by atoms with van der Waals surface area (Å²) in [6.07, 6.45) is 19.0. The first-order chi connectivity index (χ1) is 9.81. The maximum Gasteiger partial charge on any atom is 0.0789 e. The Morgan fingerprint density at radius 1 is 1.00 bits per heavy atom. The van der Waals surface area contributed by atoms with Crippen LogP contribution in [-0.4, -0.2) is 11.2 Å². The Morgan fingerprint density at radius 3 is 2.45 bits per heavy atom. The first-order valence-electron chi connectivity index (χ1n) is 8.88. The van der Waals surface area contributed by atoms with Crippen LogP contribution in [0.15, 0.2) is 23.8 Å². The Morgan fingerprint density at radius 2 is 1.70 bits per heavy atom. The molecule has 0 heterocycles. The molecular weight excluding hydrogens is 244 g/mol. The topological polar surface area (TPSA) is 20.2 Å². The molecule has 112 valence electrons. The highest BCUT2D eigenvalue weighted by Gasteiger charge is 2.50. The average Bonchev–Trinajstić information content (AvgIpc) is 3.12. The highest BCUT2D eigenvalue weighted by Crippen LogP contribution is 2.54. The number of rotatable bonds is 8. The summed E-state index contributed by atoms with van der Waals surface area (Å²) >= 11 is 0. The predicted octanol–water partition coefficient (Wildman–Crippen LogP) is 4.87. The molecule has 1 nitrogen and oxygen atoms in total. The van der Waals surface area contributed by atoms with Crippen LogP contribution in [0.4, 0.5) is 0 Å². The van der Waals surface area contributed by atoms with E-state index in [0.717, 1.165) is 12.3 Å². The van der Waals surface area contributed by atoms with Gasteiger partial charge < -0.3 is 5.11 Å². The molecule has 5 atom stereocenters. The van der Waals surface area contributed by atoms with Crippen LogP contribution in [0.1, 0.15) is 64.7 Å². The minimum Gasteiger partial charge on any atom is -0.388 e. The molecule has 3 aliphatic rings. The predicted molar refractivity (Wildman–Crippen MR) is 84.4 cm³/mol. The third kappa shape index (κ3) is 2.74. The van der Waals surface area contributed by atoms with Crippen LogP contribution in [0, 0.1) is 23.7 Å². The largest absolute Gasteiger partial charge is 0.388 e. The maximum absolute atomic E-state index is 10.6. The smallest absolute Gasteiger partial charge is 0.0789 e. The van der Waals surface area contributed by atoms with Crippen molar-refractivity contribution in [1.82, 2.24) is 0 Å². The molecule has 3 aliphatic carbocycles. The van der Waals surface area contributed by atoms with Crippen molar-refractivity contribution in [2.45, 2.75) is 70.8 Å². The third-order valence-electron chi connectivity index (χ3n) is 5.80. The summed E-state index contributed by atoms with van der Waals surface area (Å²) in [5.74, 6) is 2.61. The first-order valence-corrected chi connectivity index (χ1v) is 8.88. The van der Waals surface area contributed by atoms with E-state index in [2.05, 4.69) is 25.2 Å². The summed E-state index contributed by atoms with van der Waals surface area (Å²) in [5.41, 5.74) is 1.37. The fourth-order valence-electron chi connectivity index (χ4n) is 4.69. The lowest BCUT2D eigenvalue weighted by molar-refractivity contribution is 0.121. The van der Waals surface area contributed by atoms with E-state index >= 15 is 0 Å².